The first kappa shape index (κ1) is 15.3. The largest absolute Gasteiger partial charge is 0.313 e. The van der Waals surface area contributed by atoms with Crippen molar-refractivity contribution in [2.45, 2.75) is 77.3 Å². The Morgan fingerprint density at radius 2 is 1.79 bits per heavy atom. The van der Waals surface area contributed by atoms with Crippen LogP contribution in [0.2, 0.25) is 0 Å². The summed E-state index contributed by atoms with van der Waals surface area (Å²) in [4.78, 5) is 2.59. The Kier molecular flexibility index (Phi) is 6.15. The Bertz CT molecular complexity index is 246. The van der Waals surface area contributed by atoms with E-state index in [0.717, 1.165) is 23.9 Å². The first-order valence-electron chi connectivity index (χ1n) is 8.60. The van der Waals surface area contributed by atoms with E-state index in [0.29, 0.717) is 0 Å². The average molecular weight is 266 g/mol. The molecule has 0 aliphatic heterocycles. The lowest BCUT2D eigenvalue weighted by molar-refractivity contribution is 0.211. The molecular weight excluding hydrogens is 232 g/mol. The van der Waals surface area contributed by atoms with E-state index >= 15 is 0 Å². The highest BCUT2D eigenvalue weighted by atomic mass is 15.1. The summed E-state index contributed by atoms with van der Waals surface area (Å²) in [6.07, 6.45) is 11.4. The molecule has 1 N–H and O–H groups in total. The first-order chi connectivity index (χ1) is 9.16. The molecule has 2 atom stereocenters. The molecule has 2 aliphatic carbocycles. The monoisotopic (exact) mass is 266 g/mol. The molecule has 2 nitrogen and oxygen atoms in total. The van der Waals surface area contributed by atoms with Gasteiger partial charge in [-0.15, -0.1) is 0 Å². The predicted octanol–water partition coefficient (Wildman–Crippen LogP) is 3.67. The molecule has 0 aromatic heterocycles. The van der Waals surface area contributed by atoms with Crippen LogP contribution in [0.4, 0.5) is 0 Å². The fourth-order valence-corrected chi connectivity index (χ4v) is 3.99. The van der Waals surface area contributed by atoms with Crippen molar-refractivity contribution in [2.75, 3.05) is 20.1 Å². The minimum Gasteiger partial charge on any atom is -0.313 e. The molecule has 2 heteroatoms. The molecule has 2 rings (SSSR count). The lowest BCUT2D eigenvalue weighted by atomic mass is 9.79. The van der Waals surface area contributed by atoms with Crippen LogP contribution in [0.5, 0.6) is 0 Å². The van der Waals surface area contributed by atoms with E-state index in [1.165, 1.54) is 64.5 Å². The Balaban J connectivity index is 1.62. The number of nitrogens with one attached hydrogen (secondary N) is 1. The Morgan fingerprint density at radius 1 is 1.05 bits per heavy atom. The van der Waals surface area contributed by atoms with Crippen molar-refractivity contribution < 1.29 is 0 Å². The Morgan fingerprint density at radius 3 is 2.47 bits per heavy atom. The topological polar surface area (TPSA) is 15.3 Å². The molecular formula is C17H34N2. The maximum atomic E-state index is 3.82. The first-order valence-corrected chi connectivity index (χ1v) is 8.60. The lowest BCUT2D eigenvalue weighted by Gasteiger charge is -2.33. The van der Waals surface area contributed by atoms with Crippen LogP contribution in [-0.2, 0) is 0 Å². The second-order valence-electron chi connectivity index (χ2n) is 7.24. The van der Waals surface area contributed by atoms with E-state index in [4.69, 9.17) is 0 Å². The molecule has 0 radical (unpaired) electrons. The second kappa shape index (κ2) is 7.64. The maximum absolute atomic E-state index is 3.82. The molecule has 2 saturated carbocycles. The van der Waals surface area contributed by atoms with Crippen molar-refractivity contribution in [3.63, 3.8) is 0 Å². The van der Waals surface area contributed by atoms with Crippen molar-refractivity contribution in [3.8, 4) is 0 Å². The molecule has 2 aliphatic rings. The Labute approximate surface area is 120 Å². The van der Waals surface area contributed by atoms with Crippen molar-refractivity contribution in [3.05, 3.63) is 0 Å². The fraction of sp³-hybridized carbons (Fsp3) is 1.00. The van der Waals surface area contributed by atoms with Gasteiger partial charge in [0.25, 0.3) is 0 Å². The van der Waals surface area contributed by atoms with Crippen LogP contribution in [0, 0.1) is 11.8 Å². The van der Waals surface area contributed by atoms with Gasteiger partial charge in [0, 0.05) is 25.2 Å². The van der Waals surface area contributed by atoms with Crippen LogP contribution >= 0.6 is 0 Å². The lowest BCUT2D eigenvalue weighted by Crippen LogP contribution is -2.41. The molecule has 19 heavy (non-hydrogen) atoms. The predicted molar refractivity (Wildman–Crippen MR) is 83.5 cm³/mol. The fourth-order valence-electron chi connectivity index (χ4n) is 3.99. The highest BCUT2D eigenvalue weighted by Gasteiger charge is 2.24. The molecule has 0 heterocycles. The van der Waals surface area contributed by atoms with Crippen LogP contribution in [0.15, 0.2) is 0 Å². The van der Waals surface area contributed by atoms with E-state index in [1.807, 2.05) is 0 Å². The number of rotatable bonds is 6. The molecule has 112 valence electrons. The van der Waals surface area contributed by atoms with E-state index in [2.05, 4.69) is 31.1 Å². The van der Waals surface area contributed by atoms with Gasteiger partial charge in [-0.05, 0) is 44.6 Å². The molecule has 0 bridgehead atoms. The van der Waals surface area contributed by atoms with Gasteiger partial charge in [-0.1, -0.05) is 39.5 Å². The molecule has 2 fully saturated rings. The van der Waals surface area contributed by atoms with Crippen LogP contribution in [0.3, 0.4) is 0 Å². The van der Waals surface area contributed by atoms with Crippen molar-refractivity contribution in [1.82, 2.24) is 10.2 Å². The van der Waals surface area contributed by atoms with Gasteiger partial charge in [0.15, 0.2) is 0 Å². The van der Waals surface area contributed by atoms with E-state index in [9.17, 15) is 0 Å². The zero-order valence-corrected chi connectivity index (χ0v) is 13.3. The maximum Gasteiger partial charge on any atom is 0.0107 e. The second-order valence-corrected chi connectivity index (χ2v) is 7.24. The summed E-state index contributed by atoms with van der Waals surface area (Å²) in [5.74, 6) is 1.82. The molecule has 0 aromatic carbocycles. The molecule has 0 amide bonds. The Hall–Kier alpha value is -0.0800. The van der Waals surface area contributed by atoms with Crippen LogP contribution < -0.4 is 5.32 Å². The van der Waals surface area contributed by atoms with Gasteiger partial charge < -0.3 is 10.2 Å². The summed E-state index contributed by atoms with van der Waals surface area (Å²) in [5, 5.41) is 3.82. The highest BCUT2D eigenvalue weighted by molar-refractivity contribution is 4.80. The molecule has 0 saturated heterocycles. The SMILES string of the molecule is CC(C)C1CCCC(NCCN(C)C2CCCC2)C1. The highest BCUT2D eigenvalue weighted by Crippen LogP contribution is 2.29. The summed E-state index contributed by atoms with van der Waals surface area (Å²) in [5.41, 5.74) is 0. The van der Waals surface area contributed by atoms with E-state index < -0.39 is 0 Å². The van der Waals surface area contributed by atoms with E-state index in [1.54, 1.807) is 0 Å². The molecule has 0 aromatic rings. The number of likely N-dealkylation sites (N-methyl/N-ethyl adjacent to an activating group) is 1. The number of hydrogen-bond acceptors (Lipinski definition) is 2. The summed E-state index contributed by atoms with van der Waals surface area (Å²) in [7, 11) is 2.31. The van der Waals surface area contributed by atoms with Gasteiger partial charge in [-0.25, -0.2) is 0 Å². The van der Waals surface area contributed by atoms with Gasteiger partial charge in [0.2, 0.25) is 0 Å². The third kappa shape index (κ3) is 4.75. The number of hydrogen-bond donors (Lipinski definition) is 1. The zero-order chi connectivity index (χ0) is 13.7. The quantitative estimate of drug-likeness (QED) is 0.789. The molecule has 2 unspecified atom stereocenters. The van der Waals surface area contributed by atoms with Gasteiger partial charge in [0.05, 0.1) is 0 Å². The minimum absolute atomic E-state index is 0.790. The summed E-state index contributed by atoms with van der Waals surface area (Å²) in [6, 6.07) is 1.66. The minimum atomic E-state index is 0.790. The standard InChI is InChI=1S/C17H34N2/c1-14(2)15-7-6-8-16(13-15)18-11-12-19(3)17-9-4-5-10-17/h14-18H,4-13H2,1-3H3. The smallest absolute Gasteiger partial charge is 0.0107 e. The van der Waals surface area contributed by atoms with Crippen LogP contribution in [-0.4, -0.2) is 37.1 Å². The van der Waals surface area contributed by atoms with Crippen molar-refractivity contribution in [1.29, 1.82) is 0 Å². The summed E-state index contributed by atoms with van der Waals surface area (Å²) >= 11 is 0. The van der Waals surface area contributed by atoms with Gasteiger partial charge in [-0.3, -0.25) is 0 Å². The third-order valence-corrected chi connectivity index (χ3v) is 5.50. The summed E-state index contributed by atoms with van der Waals surface area (Å²) in [6.45, 7) is 7.19. The van der Waals surface area contributed by atoms with Gasteiger partial charge >= 0.3 is 0 Å². The number of nitrogens with zero attached hydrogens (tertiary/aromatic N) is 1. The van der Waals surface area contributed by atoms with Crippen molar-refractivity contribution >= 4 is 0 Å². The zero-order valence-electron chi connectivity index (χ0n) is 13.3. The normalized spacial score (nSPS) is 29.5. The van der Waals surface area contributed by atoms with Gasteiger partial charge in [0.1, 0.15) is 0 Å². The van der Waals surface area contributed by atoms with Crippen molar-refractivity contribution in [2.24, 2.45) is 11.8 Å². The molecule has 0 spiro atoms. The van der Waals surface area contributed by atoms with E-state index in [-0.39, 0.29) is 0 Å². The average Bonchev–Trinajstić information content (AvgIpc) is 2.93. The van der Waals surface area contributed by atoms with Crippen LogP contribution in [0.25, 0.3) is 0 Å². The third-order valence-electron chi connectivity index (χ3n) is 5.50. The summed E-state index contributed by atoms with van der Waals surface area (Å²) < 4.78 is 0. The van der Waals surface area contributed by atoms with Gasteiger partial charge in [-0.2, -0.15) is 0 Å². The van der Waals surface area contributed by atoms with Crippen LogP contribution in [0.1, 0.15) is 65.2 Å².